The highest BCUT2D eigenvalue weighted by Crippen LogP contribution is 2.34. The summed E-state index contributed by atoms with van der Waals surface area (Å²) in [6.45, 7) is 4.24. The van der Waals surface area contributed by atoms with Gasteiger partial charge in [0.15, 0.2) is 11.5 Å². The van der Waals surface area contributed by atoms with Crippen molar-refractivity contribution in [3.05, 3.63) is 53.8 Å². The second-order valence-corrected chi connectivity index (χ2v) is 4.45. The van der Waals surface area contributed by atoms with Crippen molar-refractivity contribution < 1.29 is 13.9 Å². The molecular weight excluding hydrogens is 257 g/mol. The van der Waals surface area contributed by atoms with Gasteiger partial charge in [-0.3, -0.25) is 0 Å². The van der Waals surface area contributed by atoms with Crippen LogP contribution in [0.3, 0.4) is 0 Å². The number of ether oxygens (including phenoxy) is 2. The molecule has 0 bridgehead atoms. The van der Waals surface area contributed by atoms with E-state index in [1.165, 1.54) is 12.1 Å². The van der Waals surface area contributed by atoms with Gasteiger partial charge in [0.2, 0.25) is 0 Å². The van der Waals surface area contributed by atoms with Gasteiger partial charge in [-0.2, -0.15) is 0 Å². The molecule has 2 rings (SSSR count). The summed E-state index contributed by atoms with van der Waals surface area (Å²) in [6, 6.07) is 11.4. The van der Waals surface area contributed by atoms with E-state index >= 15 is 0 Å². The summed E-state index contributed by atoms with van der Waals surface area (Å²) < 4.78 is 24.7. The van der Waals surface area contributed by atoms with Gasteiger partial charge in [-0.1, -0.05) is 12.1 Å². The molecule has 1 atom stereocenters. The molecular formula is C16H18FNO2. The summed E-state index contributed by atoms with van der Waals surface area (Å²) in [5.74, 6) is 1.44. The highest BCUT2D eigenvalue weighted by molar-refractivity contribution is 5.45. The van der Waals surface area contributed by atoms with Crippen molar-refractivity contribution in [2.75, 3.05) is 6.61 Å². The van der Waals surface area contributed by atoms with Gasteiger partial charge in [-0.25, -0.2) is 4.39 Å². The fraction of sp³-hybridized carbons (Fsp3) is 0.250. The van der Waals surface area contributed by atoms with Crippen molar-refractivity contribution in [2.24, 2.45) is 5.73 Å². The number of nitrogens with two attached hydrogens (primary N) is 1. The van der Waals surface area contributed by atoms with Gasteiger partial charge < -0.3 is 15.2 Å². The van der Waals surface area contributed by atoms with Crippen molar-refractivity contribution in [3.8, 4) is 17.2 Å². The minimum atomic E-state index is -0.331. The molecule has 0 aliphatic carbocycles. The quantitative estimate of drug-likeness (QED) is 0.895. The lowest BCUT2D eigenvalue weighted by Gasteiger charge is -2.16. The molecule has 106 valence electrons. The number of para-hydroxylation sites is 2. The first-order chi connectivity index (χ1) is 9.61. The zero-order chi connectivity index (χ0) is 14.5. The predicted octanol–water partition coefficient (Wildman–Crippen LogP) is 4.04. The third-order valence-electron chi connectivity index (χ3n) is 2.83. The van der Waals surface area contributed by atoms with Crippen LogP contribution >= 0.6 is 0 Å². The molecule has 2 N–H and O–H groups in total. The average Bonchev–Trinajstić information content (AvgIpc) is 2.43. The molecule has 0 saturated carbocycles. The summed E-state index contributed by atoms with van der Waals surface area (Å²) in [6.07, 6.45) is 0. The van der Waals surface area contributed by atoms with Crippen LogP contribution in [0.5, 0.6) is 17.2 Å². The van der Waals surface area contributed by atoms with Crippen LogP contribution in [-0.2, 0) is 0 Å². The van der Waals surface area contributed by atoms with Gasteiger partial charge in [0.1, 0.15) is 11.6 Å². The third kappa shape index (κ3) is 3.27. The van der Waals surface area contributed by atoms with Gasteiger partial charge in [0.05, 0.1) is 6.61 Å². The van der Waals surface area contributed by atoms with E-state index < -0.39 is 0 Å². The van der Waals surface area contributed by atoms with E-state index in [1.54, 1.807) is 19.1 Å². The number of rotatable bonds is 5. The summed E-state index contributed by atoms with van der Waals surface area (Å²) in [5, 5.41) is 0. The molecule has 20 heavy (non-hydrogen) atoms. The Morgan fingerprint density at radius 2 is 1.80 bits per heavy atom. The normalized spacial score (nSPS) is 12.0. The maximum Gasteiger partial charge on any atom is 0.169 e. The van der Waals surface area contributed by atoms with E-state index in [-0.39, 0.29) is 11.9 Å². The van der Waals surface area contributed by atoms with Crippen molar-refractivity contribution in [2.45, 2.75) is 19.9 Å². The molecule has 3 nitrogen and oxygen atoms in total. The molecule has 2 aromatic carbocycles. The largest absolute Gasteiger partial charge is 0.490 e. The highest BCUT2D eigenvalue weighted by atomic mass is 19.1. The second kappa shape index (κ2) is 6.39. The Bertz CT molecular complexity index is 584. The Hall–Kier alpha value is -2.07. The number of hydrogen-bond donors (Lipinski definition) is 1. The fourth-order valence-electron chi connectivity index (χ4n) is 1.90. The Kier molecular flexibility index (Phi) is 4.58. The molecule has 0 radical (unpaired) electrons. The summed E-state index contributed by atoms with van der Waals surface area (Å²) in [4.78, 5) is 0. The van der Waals surface area contributed by atoms with E-state index in [4.69, 9.17) is 15.2 Å². The molecule has 0 aliphatic rings. The van der Waals surface area contributed by atoms with E-state index in [9.17, 15) is 4.39 Å². The molecule has 2 aromatic rings. The lowest BCUT2D eigenvalue weighted by atomic mass is 10.1. The van der Waals surface area contributed by atoms with Gasteiger partial charge in [-0.05, 0) is 44.2 Å². The van der Waals surface area contributed by atoms with E-state index in [0.29, 0.717) is 29.4 Å². The Balaban J connectivity index is 2.35. The molecule has 4 heteroatoms. The maximum atomic E-state index is 13.3. The Morgan fingerprint density at radius 1 is 1.10 bits per heavy atom. The molecule has 0 amide bonds. The van der Waals surface area contributed by atoms with Crippen LogP contribution in [0.15, 0.2) is 42.5 Å². The van der Waals surface area contributed by atoms with Crippen LogP contribution in [0.1, 0.15) is 25.5 Å². The molecule has 0 aromatic heterocycles. The first kappa shape index (κ1) is 14.3. The second-order valence-electron chi connectivity index (χ2n) is 4.45. The van der Waals surface area contributed by atoms with E-state index in [1.807, 2.05) is 25.1 Å². The molecule has 0 heterocycles. The third-order valence-corrected chi connectivity index (χ3v) is 2.83. The molecule has 0 aliphatic heterocycles. The first-order valence-electron chi connectivity index (χ1n) is 6.56. The van der Waals surface area contributed by atoms with Crippen molar-refractivity contribution >= 4 is 0 Å². The standard InChI is InChI=1S/C16H18FNO2/c1-3-19-15-6-4-5-7-16(15)20-14-9-8-12(17)10-13(14)11(2)18/h4-11H,3,18H2,1-2H3/t11-/m0/s1. The van der Waals surface area contributed by atoms with E-state index in [2.05, 4.69) is 0 Å². The van der Waals surface area contributed by atoms with Gasteiger partial charge >= 0.3 is 0 Å². The minimum absolute atomic E-state index is 0.319. The maximum absolute atomic E-state index is 13.3. The summed E-state index contributed by atoms with van der Waals surface area (Å²) >= 11 is 0. The van der Waals surface area contributed by atoms with Gasteiger partial charge in [0, 0.05) is 11.6 Å². The van der Waals surface area contributed by atoms with Crippen LogP contribution in [0.25, 0.3) is 0 Å². The monoisotopic (exact) mass is 275 g/mol. The van der Waals surface area contributed by atoms with Crippen LogP contribution in [0.2, 0.25) is 0 Å². The smallest absolute Gasteiger partial charge is 0.169 e. The van der Waals surface area contributed by atoms with Crippen LogP contribution in [0.4, 0.5) is 4.39 Å². The van der Waals surface area contributed by atoms with Crippen molar-refractivity contribution in [1.29, 1.82) is 0 Å². The van der Waals surface area contributed by atoms with E-state index in [0.717, 1.165) is 0 Å². The lowest BCUT2D eigenvalue weighted by Crippen LogP contribution is -2.07. The molecule has 0 fully saturated rings. The van der Waals surface area contributed by atoms with Crippen molar-refractivity contribution in [3.63, 3.8) is 0 Å². The Morgan fingerprint density at radius 3 is 2.45 bits per heavy atom. The van der Waals surface area contributed by atoms with Crippen molar-refractivity contribution in [1.82, 2.24) is 0 Å². The van der Waals surface area contributed by atoms with Crippen LogP contribution in [-0.4, -0.2) is 6.61 Å². The predicted molar refractivity (Wildman–Crippen MR) is 76.7 cm³/mol. The molecule has 0 saturated heterocycles. The highest BCUT2D eigenvalue weighted by Gasteiger charge is 2.12. The molecule has 0 spiro atoms. The van der Waals surface area contributed by atoms with Gasteiger partial charge in [-0.15, -0.1) is 0 Å². The minimum Gasteiger partial charge on any atom is -0.490 e. The summed E-state index contributed by atoms with van der Waals surface area (Å²) in [7, 11) is 0. The van der Waals surface area contributed by atoms with Crippen LogP contribution < -0.4 is 15.2 Å². The Labute approximate surface area is 118 Å². The fourth-order valence-corrected chi connectivity index (χ4v) is 1.90. The lowest BCUT2D eigenvalue weighted by molar-refractivity contribution is 0.320. The zero-order valence-electron chi connectivity index (χ0n) is 11.6. The number of hydrogen-bond acceptors (Lipinski definition) is 3. The average molecular weight is 275 g/mol. The SMILES string of the molecule is CCOc1ccccc1Oc1ccc(F)cc1[C@H](C)N. The molecule has 0 unspecified atom stereocenters. The number of halogens is 1. The first-order valence-corrected chi connectivity index (χ1v) is 6.56. The zero-order valence-corrected chi connectivity index (χ0v) is 11.6. The van der Waals surface area contributed by atoms with Gasteiger partial charge in [0.25, 0.3) is 0 Å². The topological polar surface area (TPSA) is 44.5 Å². The summed E-state index contributed by atoms with van der Waals surface area (Å²) in [5.41, 5.74) is 6.48. The van der Waals surface area contributed by atoms with Crippen LogP contribution in [0, 0.1) is 5.82 Å². The number of benzene rings is 2.